The standard InChI is InChI=1S/C76H146NO8P/c1-6-8-10-12-14-16-18-20-22-24-26-28-29-30-31-32-33-34-35-36-37-38-39-40-41-42-43-44-45-46-47-49-51-53-55-57-59-61-63-65-67-69-76(79)85-74(73-84-86(80,81)83-71-70-77(3,4)5)72-82-75(78)68-66-64-62-60-58-56-54-52-50-48-27-25-23-21-19-17-15-13-11-9-7-2/h18,20,24-27,74H,6-17,19,21-23,28-73H2,1-5H3/p+1/b20-18-,26-24-,27-25-. The number of unbranched alkanes of at least 4 members (excludes halogenated alkanes) is 51. The molecule has 0 rings (SSSR count). The van der Waals surface area contributed by atoms with E-state index in [0.29, 0.717) is 23.9 Å². The van der Waals surface area contributed by atoms with Gasteiger partial charge in [-0.15, -0.1) is 0 Å². The number of phosphoric acid groups is 1. The molecule has 0 aliphatic heterocycles. The number of likely N-dealkylation sites (N-methyl/N-ethyl adjacent to an activating group) is 1. The van der Waals surface area contributed by atoms with Crippen LogP contribution in [-0.4, -0.2) is 74.9 Å². The molecule has 10 heteroatoms. The highest BCUT2D eigenvalue weighted by molar-refractivity contribution is 7.47. The Kier molecular flexibility index (Phi) is 66.2. The summed E-state index contributed by atoms with van der Waals surface area (Å²) in [5.74, 6) is -0.778. The van der Waals surface area contributed by atoms with Gasteiger partial charge in [0.25, 0.3) is 0 Å². The zero-order chi connectivity index (χ0) is 62.6. The molecule has 0 amide bonds. The number of phosphoric ester groups is 1. The zero-order valence-electron chi connectivity index (χ0n) is 58.1. The van der Waals surface area contributed by atoms with Crippen LogP contribution in [0.25, 0.3) is 0 Å². The molecule has 0 fully saturated rings. The van der Waals surface area contributed by atoms with Gasteiger partial charge >= 0.3 is 19.8 Å². The Bertz CT molecular complexity index is 1540. The van der Waals surface area contributed by atoms with Crippen molar-refractivity contribution in [2.45, 2.75) is 392 Å². The molecule has 0 aromatic rings. The molecule has 508 valence electrons. The maximum Gasteiger partial charge on any atom is 0.472 e. The van der Waals surface area contributed by atoms with Gasteiger partial charge in [0, 0.05) is 12.8 Å². The van der Waals surface area contributed by atoms with Gasteiger partial charge in [-0.1, -0.05) is 339 Å². The van der Waals surface area contributed by atoms with Gasteiger partial charge in [-0.05, 0) is 70.6 Å². The number of quaternary nitrogens is 1. The lowest BCUT2D eigenvalue weighted by Gasteiger charge is -2.24. The molecule has 0 aliphatic rings. The zero-order valence-corrected chi connectivity index (χ0v) is 59.0. The first-order chi connectivity index (χ1) is 42.0. The fourth-order valence-electron chi connectivity index (χ4n) is 11.3. The average Bonchev–Trinajstić information content (AvgIpc) is 3.70. The predicted octanol–water partition coefficient (Wildman–Crippen LogP) is 24.6. The molecule has 0 aromatic heterocycles. The molecule has 0 bridgehead atoms. The van der Waals surface area contributed by atoms with Crippen LogP contribution >= 0.6 is 7.82 Å². The van der Waals surface area contributed by atoms with Gasteiger partial charge in [-0.2, -0.15) is 0 Å². The second-order valence-corrected chi connectivity index (χ2v) is 28.5. The average molecular weight is 1230 g/mol. The number of ether oxygens (including phenoxy) is 2. The minimum atomic E-state index is -4.39. The molecular formula is C76H147NO8P+. The van der Waals surface area contributed by atoms with E-state index in [1.807, 2.05) is 21.1 Å². The number of carbonyl (C=O) groups is 2. The first kappa shape index (κ1) is 84.2. The highest BCUT2D eigenvalue weighted by Gasteiger charge is 2.27. The number of carbonyl (C=O) groups excluding carboxylic acids is 2. The van der Waals surface area contributed by atoms with Crippen molar-refractivity contribution in [2.75, 3.05) is 47.5 Å². The van der Waals surface area contributed by atoms with Crippen LogP contribution in [0.15, 0.2) is 36.5 Å². The van der Waals surface area contributed by atoms with Crippen LogP contribution < -0.4 is 0 Å². The Morgan fingerprint density at radius 2 is 0.628 bits per heavy atom. The van der Waals surface area contributed by atoms with E-state index in [1.54, 1.807) is 0 Å². The topological polar surface area (TPSA) is 108 Å². The Morgan fingerprint density at radius 1 is 0.360 bits per heavy atom. The van der Waals surface area contributed by atoms with E-state index in [9.17, 15) is 19.0 Å². The van der Waals surface area contributed by atoms with Crippen molar-refractivity contribution in [2.24, 2.45) is 0 Å². The molecule has 0 saturated carbocycles. The van der Waals surface area contributed by atoms with Crippen molar-refractivity contribution < 1.29 is 42.1 Å². The van der Waals surface area contributed by atoms with Crippen molar-refractivity contribution in [1.82, 2.24) is 0 Å². The third-order valence-electron chi connectivity index (χ3n) is 17.1. The van der Waals surface area contributed by atoms with E-state index in [0.717, 1.165) is 38.5 Å². The number of hydrogen-bond donors (Lipinski definition) is 1. The second kappa shape index (κ2) is 67.6. The van der Waals surface area contributed by atoms with Crippen LogP contribution in [0.5, 0.6) is 0 Å². The first-order valence-electron chi connectivity index (χ1n) is 37.7. The van der Waals surface area contributed by atoms with E-state index < -0.39 is 26.5 Å². The van der Waals surface area contributed by atoms with Gasteiger partial charge in [-0.25, -0.2) is 4.57 Å². The SMILES string of the molecule is CCCCCCC/C=C\C/C=C\CCCCCCCCCCCCCCCCCCCCCCCCCCCCCCCC(=O)OC(COC(=O)CCCCCCCCCCC/C=C\CCCCCCCCCC)COP(=O)(O)OCC[N+](C)(C)C. The summed E-state index contributed by atoms with van der Waals surface area (Å²) in [4.78, 5) is 35.9. The molecule has 0 heterocycles. The highest BCUT2D eigenvalue weighted by Crippen LogP contribution is 2.43. The summed E-state index contributed by atoms with van der Waals surface area (Å²) in [7, 11) is 1.50. The third kappa shape index (κ3) is 71.3. The Balaban J connectivity index is 3.87. The summed E-state index contributed by atoms with van der Waals surface area (Å²) in [6.45, 7) is 4.49. The van der Waals surface area contributed by atoms with Crippen LogP contribution in [-0.2, 0) is 32.7 Å². The van der Waals surface area contributed by atoms with Crippen LogP contribution in [0, 0.1) is 0 Å². The highest BCUT2D eigenvalue weighted by atomic mass is 31.2. The monoisotopic (exact) mass is 1230 g/mol. The normalized spacial score (nSPS) is 13.2. The van der Waals surface area contributed by atoms with E-state index in [1.165, 1.54) is 315 Å². The summed E-state index contributed by atoms with van der Waals surface area (Å²) < 4.78 is 34.7. The number of allylic oxidation sites excluding steroid dienone is 6. The van der Waals surface area contributed by atoms with Gasteiger partial charge < -0.3 is 18.9 Å². The molecule has 86 heavy (non-hydrogen) atoms. The molecule has 0 radical (unpaired) electrons. The molecule has 9 nitrogen and oxygen atoms in total. The largest absolute Gasteiger partial charge is 0.472 e. The lowest BCUT2D eigenvalue weighted by Crippen LogP contribution is -2.37. The molecule has 0 spiro atoms. The van der Waals surface area contributed by atoms with Gasteiger partial charge in [0.05, 0.1) is 27.7 Å². The van der Waals surface area contributed by atoms with Crippen LogP contribution in [0.3, 0.4) is 0 Å². The summed E-state index contributed by atoms with van der Waals surface area (Å²) in [5.41, 5.74) is 0. The molecule has 1 N–H and O–H groups in total. The Hall–Kier alpha value is -1.77. The van der Waals surface area contributed by atoms with Crippen molar-refractivity contribution in [3.8, 4) is 0 Å². The van der Waals surface area contributed by atoms with Crippen molar-refractivity contribution >= 4 is 19.8 Å². The Morgan fingerprint density at radius 3 is 0.930 bits per heavy atom. The van der Waals surface area contributed by atoms with Crippen LogP contribution in [0.2, 0.25) is 0 Å². The third-order valence-corrected chi connectivity index (χ3v) is 18.1. The van der Waals surface area contributed by atoms with E-state index in [4.69, 9.17) is 18.5 Å². The van der Waals surface area contributed by atoms with E-state index >= 15 is 0 Å². The molecular weight excluding hydrogens is 1090 g/mol. The van der Waals surface area contributed by atoms with Crippen LogP contribution in [0.1, 0.15) is 386 Å². The lowest BCUT2D eigenvalue weighted by molar-refractivity contribution is -0.870. The second-order valence-electron chi connectivity index (χ2n) is 27.0. The van der Waals surface area contributed by atoms with Gasteiger partial charge in [0.1, 0.15) is 19.8 Å². The first-order valence-corrected chi connectivity index (χ1v) is 39.2. The lowest BCUT2D eigenvalue weighted by atomic mass is 10.0. The molecule has 0 aliphatic carbocycles. The molecule has 2 atom stereocenters. The van der Waals surface area contributed by atoms with Crippen molar-refractivity contribution in [3.05, 3.63) is 36.5 Å². The van der Waals surface area contributed by atoms with Crippen LogP contribution in [0.4, 0.5) is 0 Å². The summed E-state index contributed by atoms with van der Waals surface area (Å²) in [6, 6.07) is 0. The van der Waals surface area contributed by atoms with E-state index in [-0.39, 0.29) is 25.6 Å². The fourth-order valence-corrected chi connectivity index (χ4v) is 12.1. The number of nitrogens with zero attached hydrogens (tertiary/aromatic N) is 1. The Labute approximate surface area is 535 Å². The summed E-state index contributed by atoms with van der Waals surface area (Å²) in [6.07, 6.45) is 87.1. The maximum atomic E-state index is 12.9. The molecule has 0 aromatic carbocycles. The van der Waals surface area contributed by atoms with Crippen molar-refractivity contribution in [1.29, 1.82) is 0 Å². The van der Waals surface area contributed by atoms with E-state index in [2.05, 4.69) is 50.3 Å². The fraction of sp³-hybridized carbons (Fsp3) is 0.895. The summed E-state index contributed by atoms with van der Waals surface area (Å²) in [5, 5.41) is 0. The molecule has 0 saturated heterocycles. The molecule has 2 unspecified atom stereocenters. The number of esters is 2. The van der Waals surface area contributed by atoms with Gasteiger partial charge in [-0.3, -0.25) is 18.6 Å². The minimum absolute atomic E-state index is 0.0344. The van der Waals surface area contributed by atoms with Crippen molar-refractivity contribution in [3.63, 3.8) is 0 Å². The van der Waals surface area contributed by atoms with Gasteiger partial charge in [0.15, 0.2) is 6.10 Å². The number of hydrogen-bond acceptors (Lipinski definition) is 7. The predicted molar refractivity (Wildman–Crippen MR) is 372 cm³/mol. The minimum Gasteiger partial charge on any atom is -0.462 e. The smallest absolute Gasteiger partial charge is 0.462 e. The maximum absolute atomic E-state index is 12.9. The summed E-state index contributed by atoms with van der Waals surface area (Å²) >= 11 is 0. The van der Waals surface area contributed by atoms with Gasteiger partial charge in [0.2, 0.25) is 0 Å². The number of rotatable bonds is 71. The quantitative estimate of drug-likeness (QED) is 0.0211.